The molecular formula is C20H18F3N3O3. The van der Waals surface area contributed by atoms with Gasteiger partial charge in [-0.15, -0.1) is 5.10 Å². The minimum atomic E-state index is -4.51. The first-order valence-corrected chi connectivity index (χ1v) is 8.92. The van der Waals surface area contributed by atoms with Crippen molar-refractivity contribution < 1.29 is 27.4 Å². The van der Waals surface area contributed by atoms with E-state index in [1.54, 1.807) is 29.2 Å². The minimum Gasteiger partial charge on any atom is -0.496 e. The average molecular weight is 405 g/mol. The molecule has 2 aromatic heterocycles. The number of methoxy groups -OCH3 is 1. The Kier molecular flexibility index (Phi) is 4.91. The van der Waals surface area contributed by atoms with Crippen molar-refractivity contribution in [2.45, 2.75) is 32.2 Å². The molecule has 0 spiro atoms. The third-order valence-corrected chi connectivity index (χ3v) is 4.65. The average Bonchev–Trinajstić information content (AvgIpc) is 3.05. The summed E-state index contributed by atoms with van der Waals surface area (Å²) >= 11 is 0. The quantitative estimate of drug-likeness (QED) is 0.638. The van der Waals surface area contributed by atoms with Crippen LogP contribution in [0, 0.1) is 0 Å². The summed E-state index contributed by atoms with van der Waals surface area (Å²) in [4.78, 5) is 3.95. The number of pyridine rings is 1. The lowest BCUT2D eigenvalue weighted by Crippen LogP contribution is -2.21. The minimum absolute atomic E-state index is 0.0527. The first-order valence-electron chi connectivity index (χ1n) is 8.92. The van der Waals surface area contributed by atoms with Crippen molar-refractivity contribution in [3.8, 4) is 23.1 Å². The molecule has 0 saturated heterocycles. The van der Waals surface area contributed by atoms with E-state index in [1.165, 1.54) is 19.2 Å². The van der Waals surface area contributed by atoms with Crippen LogP contribution < -0.4 is 9.47 Å². The zero-order valence-corrected chi connectivity index (χ0v) is 15.7. The van der Waals surface area contributed by atoms with Gasteiger partial charge in [-0.25, -0.2) is 4.68 Å². The van der Waals surface area contributed by atoms with Crippen LogP contribution in [0.2, 0.25) is 0 Å². The summed E-state index contributed by atoms with van der Waals surface area (Å²) in [6, 6.07) is 7.08. The van der Waals surface area contributed by atoms with E-state index in [1.807, 2.05) is 6.92 Å². The van der Waals surface area contributed by atoms with E-state index in [0.29, 0.717) is 30.3 Å². The Hall–Kier alpha value is -3.07. The molecule has 0 radical (unpaired) electrons. The first-order chi connectivity index (χ1) is 13.9. The summed E-state index contributed by atoms with van der Waals surface area (Å²) in [5, 5.41) is 4.52. The Morgan fingerprint density at radius 3 is 2.62 bits per heavy atom. The molecule has 29 heavy (non-hydrogen) atoms. The summed E-state index contributed by atoms with van der Waals surface area (Å²) in [6.45, 7) is 2.23. The van der Waals surface area contributed by atoms with Crippen LogP contribution in [-0.4, -0.2) is 28.0 Å². The molecular weight excluding hydrogens is 387 g/mol. The van der Waals surface area contributed by atoms with Crippen molar-refractivity contribution in [1.82, 2.24) is 14.8 Å². The fourth-order valence-corrected chi connectivity index (χ4v) is 3.23. The van der Waals surface area contributed by atoms with Gasteiger partial charge in [0.05, 0.1) is 42.3 Å². The predicted molar refractivity (Wildman–Crippen MR) is 97.4 cm³/mol. The number of hydrogen-bond acceptors (Lipinski definition) is 5. The third-order valence-electron chi connectivity index (χ3n) is 4.65. The zero-order chi connectivity index (χ0) is 20.6. The fraction of sp³-hybridized carbons (Fsp3) is 0.300. The molecule has 0 unspecified atom stereocenters. The molecule has 1 aliphatic rings. The van der Waals surface area contributed by atoms with E-state index in [2.05, 4.69) is 10.1 Å². The summed E-state index contributed by atoms with van der Waals surface area (Å²) in [6.07, 6.45) is -0.824. The van der Waals surface area contributed by atoms with Gasteiger partial charge in [-0.05, 0) is 31.2 Å². The van der Waals surface area contributed by atoms with Crippen LogP contribution >= 0.6 is 0 Å². The Bertz CT molecular complexity index is 1020. The summed E-state index contributed by atoms with van der Waals surface area (Å²) in [5.74, 6) is 0.629. The second kappa shape index (κ2) is 7.40. The monoisotopic (exact) mass is 405 g/mol. The van der Waals surface area contributed by atoms with Crippen LogP contribution in [0.25, 0.3) is 5.69 Å². The van der Waals surface area contributed by atoms with Gasteiger partial charge >= 0.3 is 6.18 Å². The Morgan fingerprint density at radius 2 is 1.93 bits per heavy atom. The molecule has 6 nitrogen and oxygen atoms in total. The van der Waals surface area contributed by atoms with Crippen LogP contribution in [0.3, 0.4) is 0 Å². The van der Waals surface area contributed by atoms with Crippen LogP contribution in [0.1, 0.15) is 23.7 Å². The van der Waals surface area contributed by atoms with Crippen LogP contribution in [0.5, 0.6) is 17.4 Å². The number of nitrogens with zero attached hydrogens (tertiary/aromatic N) is 3. The van der Waals surface area contributed by atoms with E-state index < -0.39 is 11.7 Å². The highest BCUT2D eigenvalue weighted by atomic mass is 19.4. The van der Waals surface area contributed by atoms with Crippen molar-refractivity contribution in [3.05, 3.63) is 59.5 Å². The molecule has 152 valence electrons. The lowest BCUT2D eigenvalue weighted by Gasteiger charge is -2.21. The van der Waals surface area contributed by atoms with Gasteiger partial charge in [0, 0.05) is 24.9 Å². The maximum absolute atomic E-state index is 13.2. The summed E-state index contributed by atoms with van der Waals surface area (Å²) in [5.41, 5.74) is 1.20. The van der Waals surface area contributed by atoms with Gasteiger partial charge in [0.15, 0.2) is 0 Å². The Balaban J connectivity index is 1.79. The molecule has 0 saturated carbocycles. The van der Waals surface area contributed by atoms with Gasteiger partial charge in [0.25, 0.3) is 0 Å². The van der Waals surface area contributed by atoms with Crippen LogP contribution in [-0.2, 0) is 23.9 Å². The Labute approximate surface area is 164 Å². The summed E-state index contributed by atoms with van der Waals surface area (Å²) < 4.78 is 57.8. The maximum Gasteiger partial charge on any atom is 0.419 e. The van der Waals surface area contributed by atoms with Gasteiger partial charge in [0.2, 0.25) is 5.88 Å². The number of benzene rings is 1. The molecule has 3 aromatic rings. The molecule has 0 fully saturated rings. The standard InChI is InChI=1S/C20H18F3N3O3/c1-12-9-17-15(11-28-12)19(29-14-5-7-24-8-6-14)25-26(17)13-3-4-16(20(21,22)23)18(10-13)27-2/h3-8,10,12H,9,11H2,1-2H3/t12-/m1/s1. The molecule has 1 aromatic carbocycles. The lowest BCUT2D eigenvalue weighted by molar-refractivity contribution is -0.138. The molecule has 0 bridgehead atoms. The number of ether oxygens (including phenoxy) is 3. The maximum atomic E-state index is 13.2. The van der Waals surface area contributed by atoms with Crippen LogP contribution in [0.4, 0.5) is 13.2 Å². The van der Waals surface area contributed by atoms with Gasteiger partial charge in [-0.1, -0.05) is 0 Å². The van der Waals surface area contributed by atoms with E-state index in [4.69, 9.17) is 14.2 Å². The number of halogens is 3. The largest absolute Gasteiger partial charge is 0.496 e. The second-order valence-electron chi connectivity index (χ2n) is 6.64. The SMILES string of the molecule is COc1cc(-n2nc(Oc3ccncc3)c3c2C[C@@H](C)OC3)ccc1C(F)(F)F. The fourth-order valence-electron chi connectivity index (χ4n) is 3.23. The highest BCUT2D eigenvalue weighted by molar-refractivity contribution is 5.49. The van der Waals surface area contributed by atoms with Crippen molar-refractivity contribution in [2.75, 3.05) is 7.11 Å². The van der Waals surface area contributed by atoms with Crippen molar-refractivity contribution in [3.63, 3.8) is 0 Å². The predicted octanol–water partition coefficient (Wildman–Crippen LogP) is 4.55. The molecule has 0 amide bonds. The number of hydrogen-bond donors (Lipinski definition) is 0. The van der Waals surface area contributed by atoms with Gasteiger partial charge in [0.1, 0.15) is 11.5 Å². The number of aromatic nitrogens is 3. The van der Waals surface area contributed by atoms with Gasteiger partial charge in [-0.3, -0.25) is 4.98 Å². The van der Waals surface area contributed by atoms with Gasteiger partial charge < -0.3 is 14.2 Å². The van der Waals surface area contributed by atoms with E-state index >= 15 is 0 Å². The van der Waals surface area contributed by atoms with Gasteiger partial charge in [-0.2, -0.15) is 13.2 Å². The molecule has 0 N–H and O–H groups in total. The topological polar surface area (TPSA) is 58.4 Å². The molecule has 4 rings (SSSR count). The first kappa shape index (κ1) is 19.3. The molecule has 9 heteroatoms. The third kappa shape index (κ3) is 3.77. The van der Waals surface area contributed by atoms with E-state index in [9.17, 15) is 13.2 Å². The highest BCUT2D eigenvalue weighted by Crippen LogP contribution is 2.39. The van der Waals surface area contributed by atoms with Crippen molar-refractivity contribution >= 4 is 0 Å². The molecule has 1 atom stereocenters. The molecule has 0 aliphatic carbocycles. The van der Waals surface area contributed by atoms with E-state index in [-0.39, 0.29) is 11.9 Å². The van der Waals surface area contributed by atoms with E-state index in [0.717, 1.165) is 17.3 Å². The number of fused-ring (bicyclic) bond motifs is 1. The van der Waals surface area contributed by atoms with Crippen molar-refractivity contribution in [1.29, 1.82) is 0 Å². The normalized spacial score (nSPS) is 16.4. The smallest absolute Gasteiger partial charge is 0.419 e. The summed E-state index contributed by atoms with van der Waals surface area (Å²) in [7, 11) is 1.21. The number of rotatable bonds is 4. The number of alkyl halides is 3. The molecule has 1 aliphatic heterocycles. The highest BCUT2D eigenvalue weighted by Gasteiger charge is 2.35. The lowest BCUT2D eigenvalue weighted by atomic mass is 10.1. The van der Waals surface area contributed by atoms with Crippen LogP contribution in [0.15, 0.2) is 42.7 Å². The second-order valence-corrected chi connectivity index (χ2v) is 6.64. The zero-order valence-electron chi connectivity index (χ0n) is 15.7. The Morgan fingerprint density at radius 1 is 1.17 bits per heavy atom. The van der Waals surface area contributed by atoms with Crippen molar-refractivity contribution in [2.24, 2.45) is 0 Å². The molecule has 3 heterocycles.